The predicted octanol–water partition coefficient (Wildman–Crippen LogP) is 4.30. The van der Waals surface area contributed by atoms with E-state index in [9.17, 15) is 9.18 Å². The van der Waals surface area contributed by atoms with Gasteiger partial charge in [0.2, 0.25) is 5.91 Å². The van der Waals surface area contributed by atoms with Crippen molar-refractivity contribution in [1.82, 2.24) is 9.80 Å². The molecule has 1 saturated heterocycles. The van der Waals surface area contributed by atoms with Crippen LogP contribution in [0.2, 0.25) is 0 Å². The second-order valence-corrected chi connectivity index (χ2v) is 7.87. The number of carbonyl (C=O) groups excluding carboxylic acids is 1. The Morgan fingerprint density at radius 1 is 1.15 bits per heavy atom. The fraction of sp³-hybridized carbons (Fsp3) is 0.435. The highest BCUT2D eigenvalue weighted by atomic mass is 19.1. The molecule has 0 bridgehead atoms. The van der Waals surface area contributed by atoms with Crippen molar-refractivity contribution in [3.8, 4) is 0 Å². The Morgan fingerprint density at radius 2 is 1.89 bits per heavy atom. The number of nitrogens with zero attached hydrogens (tertiary/aromatic N) is 2. The molecule has 3 nitrogen and oxygen atoms in total. The lowest BCUT2D eigenvalue weighted by atomic mass is 9.88. The van der Waals surface area contributed by atoms with Crippen LogP contribution in [0.3, 0.4) is 0 Å². The van der Waals surface area contributed by atoms with Crippen LogP contribution in [0.4, 0.5) is 4.39 Å². The van der Waals surface area contributed by atoms with Crippen LogP contribution in [0.25, 0.3) is 0 Å². The van der Waals surface area contributed by atoms with Crippen molar-refractivity contribution in [1.29, 1.82) is 0 Å². The number of amides is 1. The first-order valence-corrected chi connectivity index (χ1v) is 9.73. The van der Waals surface area contributed by atoms with E-state index in [0.717, 1.165) is 25.2 Å². The normalized spacial score (nSPS) is 20.2. The average molecular weight is 368 g/mol. The van der Waals surface area contributed by atoms with E-state index in [1.165, 1.54) is 11.6 Å². The van der Waals surface area contributed by atoms with Crippen molar-refractivity contribution < 1.29 is 9.18 Å². The predicted molar refractivity (Wildman–Crippen MR) is 107 cm³/mol. The van der Waals surface area contributed by atoms with Crippen molar-refractivity contribution >= 4 is 5.91 Å². The Hall–Kier alpha value is -2.20. The lowest BCUT2D eigenvalue weighted by Gasteiger charge is -2.30. The lowest BCUT2D eigenvalue weighted by Crippen LogP contribution is -2.40. The topological polar surface area (TPSA) is 23.6 Å². The van der Waals surface area contributed by atoms with E-state index < -0.39 is 0 Å². The molecule has 0 radical (unpaired) electrons. The maximum absolute atomic E-state index is 13.8. The van der Waals surface area contributed by atoms with Crippen LogP contribution in [-0.4, -0.2) is 41.4 Å². The van der Waals surface area contributed by atoms with Crippen molar-refractivity contribution in [3.05, 3.63) is 71.5 Å². The largest absolute Gasteiger partial charge is 0.340 e. The molecule has 0 aliphatic carbocycles. The van der Waals surface area contributed by atoms with Crippen LogP contribution >= 0.6 is 0 Å². The molecule has 4 heteroatoms. The minimum atomic E-state index is -0.194. The summed E-state index contributed by atoms with van der Waals surface area (Å²) in [6.07, 6.45) is 0. The highest BCUT2D eigenvalue weighted by molar-refractivity contribution is 5.73. The molecule has 0 saturated carbocycles. The van der Waals surface area contributed by atoms with E-state index in [2.05, 4.69) is 43.0 Å². The first-order chi connectivity index (χ1) is 12.9. The van der Waals surface area contributed by atoms with E-state index in [4.69, 9.17) is 0 Å². The molecule has 2 atom stereocenters. The monoisotopic (exact) mass is 368 g/mol. The summed E-state index contributed by atoms with van der Waals surface area (Å²) < 4.78 is 13.8. The van der Waals surface area contributed by atoms with Gasteiger partial charge in [0, 0.05) is 45.1 Å². The summed E-state index contributed by atoms with van der Waals surface area (Å²) in [5.41, 5.74) is 2.31. The zero-order valence-corrected chi connectivity index (χ0v) is 16.4. The number of carbonyl (C=O) groups is 1. The molecule has 144 valence electrons. The molecule has 1 fully saturated rings. The van der Waals surface area contributed by atoms with Gasteiger partial charge in [-0.25, -0.2) is 4.39 Å². The Labute approximate surface area is 161 Å². The first kappa shape index (κ1) is 19.6. The Morgan fingerprint density at radius 3 is 2.52 bits per heavy atom. The third-order valence-electron chi connectivity index (χ3n) is 5.50. The van der Waals surface area contributed by atoms with Crippen molar-refractivity contribution in [2.24, 2.45) is 5.92 Å². The Bertz CT molecular complexity index is 762. The molecule has 0 aromatic heterocycles. The van der Waals surface area contributed by atoms with Gasteiger partial charge in [-0.3, -0.25) is 9.69 Å². The van der Waals surface area contributed by atoms with Crippen molar-refractivity contribution in [2.45, 2.75) is 39.3 Å². The van der Waals surface area contributed by atoms with Crippen LogP contribution in [0.5, 0.6) is 0 Å². The molecule has 3 rings (SSSR count). The van der Waals surface area contributed by atoms with Crippen LogP contribution in [-0.2, 0) is 11.3 Å². The number of halogens is 1. The number of likely N-dealkylation sites (tertiary alicyclic amines) is 1. The van der Waals surface area contributed by atoms with Crippen molar-refractivity contribution in [2.75, 3.05) is 19.6 Å². The van der Waals surface area contributed by atoms with E-state index >= 15 is 0 Å². The third kappa shape index (κ3) is 4.95. The van der Waals surface area contributed by atoms with E-state index in [1.807, 2.05) is 17.0 Å². The van der Waals surface area contributed by atoms with Gasteiger partial charge in [0.25, 0.3) is 0 Å². The second kappa shape index (κ2) is 8.66. The van der Waals surface area contributed by atoms with Gasteiger partial charge in [-0.15, -0.1) is 0 Å². The quantitative estimate of drug-likeness (QED) is 0.759. The van der Waals surface area contributed by atoms with Gasteiger partial charge in [0.05, 0.1) is 0 Å². The third-order valence-corrected chi connectivity index (χ3v) is 5.50. The highest BCUT2D eigenvalue weighted by Gasteiger charge is 2.35. The summed E-state index contributed by atoms with van der Waals surface area (Å²) >= 11 is 0. The molecule has 2 aromatic carbocycles. The van der Waals surface area contributed by atoms with Gasteiger partial charge in [0.1, 0.15) is 5.82 Å². The molecule has 1 aliphatic rings. The average Bonchev–Trinajstić information content (AvgIpc) is 3.02. The maximum atomic E-state index is 13.8. The first-order valence-electron chi connectivity index (χ1n) is 9.73. The van der Waals surface area contributed by atoms with E-state index in [1.54, 1.807) is 19.1 Å². The fourth-order valence-corrected chi connectivity index (χ4v) is 4.19. The van der Waals surface area contributed by atoms with Crippen LogP contribution in [0, 0.1) is 11.7 Å². The van der Waals surface area contributed by atoms with E-state index in [0.29, 0.717) is 12.5 Å². The molecule has 1 heterocycles. The number of benzene rings is 2. The maximum Gasteiger partial charge on any atom is 0.219 e. The summed E-state index contributed by atoms with van der Waals surface area (Å²) in [5, 5.41) is 0. The number of rotatable bonds is 6. The molecule has 1 aliphatic heterocycles. The zero-order valence-electron chi connectivity index (χ0n) is 16.4. The summed E-state index contributed by atoms with van der Waals surface area (Å²) in [6, 6.07) is 17.5. The Balaban J connectivity index is 1.81. The molecule has 2 aromatic rings. The standard InChI is InChI=1S/C23H29FN2O/c1-17(2)26(18(3)27)15-21-14-25(13-19-8-5-4-6-9-19)16-23(21)20-10-7-11-22(24)12-20/h4-12,17,21,23H,13-16H2,1-3H3. The van der Waals surface area contributed by atoms with Crippen molar-refractivity contribution in [3.63, 3.8) is 0 Å². The van der Waals surface area contributed by atoms with Gasteiger partial charge < -0.3 is 4.90 Å². The minimum absolute atomic E-state index is 0.101. The molecular formula is C23H29FN2O. The van der Waals surface area contributed by atoms with Gasteiger partial charge in [-0.1, -0.05) is 42.5 Å². The highest BCUT2D eigenvalue weighted by Crippen LogP contribution is 2.34. The SMILES string of the molecule is CC(=O)N(CC1CN(Cc2ccccc2)CC1c1cccc(F)c1)C(C)C. The summed E-state index contributed by atoms with van der Waals surface area (Å²) in [5.74, 6) is 0.427. The van der Waals surface area contributed by atoms with Crippen LogP contribution < -0.4 is 0 Å². The molecule has 0 spiro atoms. The van der Waals surface area contributed by atoms with Gasteiger partial charge in [-0.05, 0) is 43.0 Å². The summed E-state index contributed by atoms with van der Waals surface area (Å²) in [4.78, 5) is 16.5. The van der Waals surface area contributed by atoms with Crippen LogP contribution in [0.15, 0.2) is 54.6 Å². The smallest absolute Gasteiger partial charge is 0.219 e. The fourth-order valence-electron chi connectivity index (χ4n) is 4.19. The molecule has 0 N–H and O–H groups in total. The lowest BCUT2D eigenvalue weighted by molar-refractivity contribution is -0.131. The zero-order chi connectivity index (χ0) is 19.4. The molecular weight excluding hydrogens is 339 g/mol. The minimum Gasteiger partial charge on any atom is -0.340 e. The molecule has 27 heavy (non-hydrogen) atoms. The van der Waals surface area contributed by atoms with Gasteiger partial charge >= 0.3 is 0 Å². The van der Waals surface area contributed by atoms with Gasteiger partial charge in [-0.2, -0.15) is 0 Å². The molecule has 2 unspecified atom stereocenters. The second-order valence-electron chi connectivity index (χ2n) is 7.87. The van der Waals surface area contributed by atoms with E-state index in [-0.39, 0.29) is 23.7 Å². The van der Waals surface area contributed by atoms with Gasteiger partial charge in [0.15, 0.2) is 0 Å². The molecule has 1 amide bonds. The summed E-state index contributed by atoms with van der Waals surface area (Å²) in [6.45, 7) is 9.11. The summed E-state index contributed by atoms with van der Waals surface area (Å²) in [7, 11) is 0. The Kier molecular flexibility index (Phi) is 6.27. The number of hydrogen-bond donors (Lipinski definition) is 0. The van der Waals surface area contributed by atoms with Crippen LogP contribution in [0.1, 0.15) is 37.8 Å². The number of hydrogen-bond acceptors (Lipinski definition) is 2.